The minimum absolute atomic E-state index is 0.0820. The van der Waals surface area contributed by atoms with Gasteiger partial charge in [0.1, 0.15) is 11.6 Å². The lowest BCUT2D eigenvalue weighted by molar-refractivity contribution is -0.112. The molecule has 0 unspecified atom stereocenters. The molecule has 0 aliphatic carbocycles. The van der Waals surface area contributed by atoms with Gasteiger partial charge in [0.2, 0.25) is 0 Å². The Morgan fingerprint density at radius 3 is 2.55 bits per heavy atom. The van der Waals surface area contributed by atoms with Gasteiger partial charge in [0, 0.05) is 18.4 Å². The van der Waals surface area contributed by atoms with Crippen molar-refractivity contribution in [3.8, 4) is 6.07 Å². The summed E-state index contributed by atoms with van der Waals surface area (Å²) in [6, 6.07) is 7.88. The van der Waals surface area contributed by atoms with Crippen molar-refractivity contribution in [3.63, 3.8) is 0 Å². The summed E-state index contributed by atoms with van der Waals surface area (Å²) >= 11 is 0. The first-order valence-corrected chi connectivity index (χ1v) is 7.61. The number of anilines is 1. The van der Waals surface area contributed by atoms with Gasteiger partial charge in [-0.25, -0.2) is 0 Å². The van der Waals surface area contributed by atoms with Crippen LogP contribution in [0.25, 0.3) is 0 Å². The highest BCUT2D eigenvalue weighted by molar-refractivity contribution is 6.07. The molecule has 0 aliphatic heterocycles. The van der Waals surface area contributed by atoms with Gasteiger partial charge in [-0.2, -0.15) is 5.26 Å². The van der Waals surface area contributed by atoms with Crippen LogP contribution < -0.4 is 10.6 Å². The van der Waals surface area contributed by atoms with Gasteiger partial charge in [-0.3, -0.25) is 4.79 Å². The van der Waals surface area contributed by atoms with E-state index in [2.05, 4.69) is 38.3 Å². The molecule has 0 radical (unpaired) electrons. The lowest BCUT2D eigenvalue weighted by Gasteiger charge is -2.16. The average molecular weight is 299 g/mol. The van der Waals surface area contributed by atoms with Crippen molar-refractivity contribution in [2.75, 3.05) is 11.9 Å². The fourth-order valence-corrected chi connectivity index (χ4v) is 2.07. The summed E-state index contributed by atoms with van der Waals surface area (Å²) < 4.78 is 0. The molecule has 0 heterocycles. The van der Waals surface area contributed by atoms with Gasteiger partial charge >= 0.3 is 0 Å². The minimum Gasteiger partial charge on any atom is -0.389 e. The number of benzene rings is 1. The number of para-hydroxylation sites is 1. The Kier molecular flexibility index (Phi) is 6.65. The Hall–Kier alpha value is -2.28. The highest BCUT2D eigenvalue weighted by Gasteiger charge is 2.15. The van der Waals surface area contributed by atoms with Crippen LogP contribution in [0.4, 0.5) is 5.69 Å². The maximum Gasteiger partial charge on any atom is 0.267 e. The Morgan fingerprint density at radius 1 is 1.32 bits per heavy atom. The smallest absolute Gasteiger partial charge is 0.267 e. The molecule has 0 spiro atoms. The summed E-state index contributed by atoms with van der Waals surface area (Å²) in [7, 11) is 0. The van der Waals surface area contributed by atoms with Crippen molar-refractivity contribution in [3.05, 3.63) is 41.1 Å². The first-order chi connectivity index (χ1) is 10.4. The van der Waals surface area contributed by atoms with E-state index in [4.69, 9.17) is 5.26 Å². The maximum atomic E-state index is 12.3. The molecule has 1 rings (SSSR count). The number of nitrogens with one attached hydrogen (secondary N) is 2. The van der Waals surface area contributed by atoms with Crippen molar-refractivity contribution in [1.29, 1.82) is 5.26 Å². The molecule has 22 heavy (non-hydrogen) atoms. The number of nitriles is 1. The number of amides is 1. The van der Waals surface area contributed by atoms with E-state index in [9.17, 15) is 4.79 Å². The number of nitrogens with zero attached hydrogens (tertiary/aromatic N) is 1. The predicted molar refractivity (Wildman–Crippen MR) is 90.4 cm³/mol. The number of aryl methyl sites for hydroxylation is 1. The summed E-state index contributed by atoms with van der Waals surface area (Å²) in [5.41, 5.74) is 2.94. The standard InChI is InChI=1S/C18H25N3O/c1-12(2)10-20-11-15(9-19)18(22)21-17-14(5)7-6-8-16(17)13(3)4/h6-8,11-13,20H,10H2,1-5H3,(H,21,22)/b15-11-. The van der Waals surface area contributed by atoms with Crippen molar-refractivity contribution >= 4 is 11.6 Å². The van der Waals surface area contributed by atoms with E-state index in [0.717, 1.165) is 23.4 Å². The van der Waals surface area contributed by atoms with Crippen molar-refractivity contribution in [1.82, 2.24) is 5.32 Å². The van der Waals surface area contributed by atoms with E-state index in [-0.39, 0.29) is 11.5 Å². The van der Waals surface area contributed by atoms with E-state index in [1.165, 1.54) is 6.20 Å². The van der Waals surface area contributed by atoms with Gasteiger partial charge in [0.05, 0.1) is 0 Å². The summed E-state index contributed by atoms with van der Waals surface area (Å²) in [5.74, 6) is 0.363. The second kappa shape index (κ2) is 8.23. The molecule has 1 aromatic rings. The molecule has 1 amide bonds. The monoisotopic (exact) mass is 299 g/mol. The van der Waals surface area contributed by atoms with Crippen molar-refractivity contribution in [2.24, 2.45) is 5.92 Å². The third-order valence-corrected chi connectivity index (χ3v) is 3.30. The molecule has 0 atom stereocenters. The molecule has 2 N–H and O–H groups in total. The van der Waals surface area contributed by atoms with E-state index >= 15 is 0 Å². The fraction of sp³-hybridized carbons (Fsp3) is 0.444. The molecule has 118 valence electrons. The maximum absolute atomic E-state index is 12.3. The van der Waals surface area contributed by atoms with Gasteiger partial charge in [-0.1, -0.05) is 45.9 Å². The van der Waals surface area contributed by atoms with Crippen LogP contribution >= 0.6 is 0 Å². The quantitative estimate of drug-likeness (QED) is 0.621. The van der Waals surface area contributed by atoms with E-state index in [1.807, 2.05) is 31.2 Å². The molecule has 1 aromatic carbocycles. The molecule has 4 heteroatoms. The van der Waals surface area contributed by atoms with E-state index in [0.29, 0.717) is 11.8 Å². The highest BCUT2D eigenvalue weighted by atomic mass is 16.1. The molecule has 4 nitrogen and oxygen atoms in total. The number of hydrogen-bond donors (Lipinski definition) is 2. The third kappa shape index (κ3) is 4.92. The van der Waals surface area contributed by atoms with Gasteiger partial charge in [0.25, 0.3) is 5.91 Å². The largest absolute Gasteiger partial charge is 0.389 e. The normalized spacial score (nSPS) is 11.5. The van der Waals surface area contributed by atoms with Gasteiger partial charge in [0.15, 0.2) is 0 Å². The zero-order valence-electron chi connectivity index (χ0n) is 14.0. The van der Waals surface area contributed by atoms with Crippen molar-refractivity contribution < 1.29 is 4.79 Å². The SMILES string of the molecule is Cc1cccc(C(C)C)c1NC(=O)/C(C#N)=C\NCC(C)C. The van der Waals surface area contributed by atoms with Gasteiger partial charge in [-0.05, 0) is 29.9 Å². The molecule has 0 saturated heterocycles. The lowest BCUT2D eigenvalue weighted by Crippen LogP contribution is -2.20. The summed E-state index contributed by atoms with van der Waals surface area (Å²) in [4.78, 5) is 12.3. The molecule has 0 bridgehead atoms. The molecule has 0 aromatic heterocycles. The minimum atomic E-state index is -0.380. The number of carbonyl (C=O) groups excluding carboxylic acids is 1. The fourth-order valence-electron chi connectivity index (χ4n) is 2.07. The first-order valence-electron chi connectivity index (χ1n) is 7.61. The number of carbonyl (C=O) groups is 1. The number of rotatable bonds is 6. The molecular formula is C18H25N3O. The molecule has 0 fully saturated rings. The van der Waals surface area contributed by atoms with Crippen molar-refractivity contribution in [2.45, 2.75) is 40.5 Å². The van der Waals surface area contributed by atoms with Crippen LogP contribution in [0.2, 0.25) is 0 Å². The van der Waals surface area contributed by atoms with Gasteiger partial charge < -0.3 is 10.6 Å². The van der Waals surface area contributed by atoms with Crippen LogP contribution in [0.5, 0.6) is 0 Å². The van der Waals surface area contributed by atoms with Gasteiger partial charge in [-0.15, -0.1) is 0 Å². The summed E-state index contributed by atoms with van der Waals surface area (Å²) in [5, 5.41) is 15.1. The van der Waals surface area contributed by atoms with Crippen LogP contribution in [0, 0.1) is 24.2 Å². The zero-order valence-corrected chi connectivity index (χ0v) is 14.0. The van der Waals surface area contributed by atoms with Crippen LogP contribution in [0.15, 0.2) is 30.0 Å². The Bertz CT molecular complexity index is 595. The van der Waals surface area contributed by atoms with Crippen LogP contribution in [0.1, 0.15) is 44.7 Å². The Morgan fingerprint density at radius 2 is 2.00 bits per heavy atom. The van der Waals surface area contributed by atoms with E-state index < -0.39 is 0 Å². The predicted octanol–water partition coefficient (Wildman–Crippen LogP) is 3.71. The Labute approximate surface area is 133 Å². The molecular weight excluding hydrogens is 274 g/mol. The molecule has 0 aliphatic rings. The number of hydrogen-bond acceptors (Lipinski definition) is 3. The summed E-state index contributed by atoms with van der Waals surface area (Å²) in [6.45, 7) is 11.0. The average Bonchev–Trinajstić information content (AvgIpc) is 2.45. The van der Waals surface area contributed by atoms with E-state index in [1.54, 1.807) is 0 Å². The second-order valence-electron chi connectivity index (χ2n) is 6.12. The van der Waals surface area contributed by atoms with Crippen LogP contribution in [-0.4, -0.2) is 12.5 Å². The Balaban J connectivity index is 2.94. The second-order valence-corrected chi connectivity index (χ2v) is 6.12. The topological polar surface area (TPSA) is 64.9 Å². The molecule has 0 saturated carbocycles. The lowest BCUT2D eigenvalue weighted by atomic mass is 9.98. The highest BCUT2D eigenvalue weighted by Crippen LogP contribution is 2.27. The van der Waals surface area contributed by atoms with Crippen LogP contribution in [0.3, 0.4) is 0 Å². The van der Waals surface area contributed by atoms with Crippen LogP contribution in [-0.2, 0) is 4.79 Å². The summed E-state index contributed by atoms with van der Waals surface area (Å²) in [6.07, 6.45) is 1.49. The first kappa shape index (κ1) is 17.8. The third-order valence-electron chi connectivity index (χ3n) is 3.30. The zero-order chi connectivity index (χ0) is 16.7.